The molecule has 1 atom stereocenters. The fraction of sp³-hybridized carbons (Fsp3) is 0.730. The Morgan fingerprint density at radius 3 is 0.884 bits per heavy atom. The van der Waals surface area contributed by atoms with Crippen molar-refractivity contribution >= 4 is 17.9 Å². The van der Waals surface area contributed by atoms with Crippen LogP contribution >= 0.6 is 0 Å². The van der Waals surface area contributed by atoms with Gasteiger partial charge < -0.3 is 14.2 Å². The lowest BCUT2D eigenvalue weighted by molar-refractivity contribution is -0.167. The zero-order valence-corrected chi connectivity index (χ0v) is 45.3. The van der Waals surface area contributed by atoms with Gasteiger partial charge in [-0.2, -0.15) is 0 Å². The van der Waals surface area contributed by atoms with Crippen LogP contribution in [0.4, 0.5) is 0 Å². The van der Waals surface area contributed by atoms with Gasteiger partial charge >= 0.3 is 17.9 Å². The molecule has 396 valence electrons. The van der Waals surface area contributed by atoms with E-state index in [0.717, 1.165) is 77.0 Å². The van der Waals surface area contributed by atoms with E-state index in [1.165, 1.54) is 154 Å². The summed E-state index contributed by atoms with van der Waals surface area (Å²) < 4.78 is 16.8. The van der Waals surface area contributed by atoms with Gasteiger partial charge in [-0.05, 0) is 96.3 Å². The topological polar surface area (TPSA) is 78.9 Å². The van der Waals surface area contributed by atoms with Gasteiger partial charge in [0.25, 0.3) is 0 Å². The van der Waals surface area contributed by atoms with E-state index in [9.17, 15) is 14.4 Å². The van der Waals surface area contributed by atoms with Gasteiger partial charge in [0.1, 0.15) is 13.2 Å². The molecule has 0 aromatic rings. The highest BCUT2D eigenvalue weighted by atomic mass is 16.6. The van der Waals surface area contributed by atoms with Gasteiger partial charge in [0.2, 0.25) is 0 Å². The summed E-state index contributed by atoms with van der Waals surface area (Å²) in [4.78, 5) is 38.1. The van der Waals surface area contributed by atoms with Gasteiger partial charge in [0, 0.05) is 19.3 Å². The van der Waals surface area contributed by atoms with Crippen LogP contribution in [0.2, 0.25) is 0 Å². The van der Waals surface area contributed by atoms with E-state index in [2.05, 4.69) is 106 Å². The summed E-state index contributed by atoms with van der Waals surface area (Å²) in [5.41, 5.74) is 0. The van der Waals surface area contributed by atoms with Crippen molar-refractivity contribution in [3.8, 4) is 0 Å². The van der Waals surface area contributed by atoms with Crippen LogP contribution in [-0.2, 0) is 28.6 Å². The third-order valence-corrected chi connectivity index (χ3v) is 12.4. The summed E-state index contributed by atoms with van der Waals surface area (Å²) >= 11 is 0. The van der Waals surface area contributed by atoms with E-state index < -0.39 is 6.10 Å². The van der Waals surface area contributed by atoms with Crippen LogP contribution in [0.1, 0.15) is 278 Å². The highest BCUT2D eigenvalue weighted by Gasteiger charge is 2.19. The molecule has 0 radical (unpaired) electrons. The van der Waals surface area contributed by atoms with Crippen molar-refractivity contribution in [3.63, 3.8) is 0 Å². The molecule has 0 amide bonds. The van der Waals surface area contributed by atoms with E-state index in [4.69, 9.17) is 14.2 Å². The first kappa shape index (κ1) is 65.6. The maximum absolute atomic E-state index is 12.8. The van der Waals surface area contributed by atoms with E-state index in [-0.39, 0.29) is 37.5 Å². The largest absolute Gasteiger partial charge is 0.462 e. The number of unbranched alkanes of at least 4 members (excludes halogenated alkanes) is 27. The lowest BCUT2D eigenvalue weighted by atomic mass is 10.0. The number of carbonyl (C=O) groups excluding carboxylic acids is 3. The second kappa shape index (κ2) is 57.2. The van der Waals surface area contributed by atoms with Crippen molar-refractivity contribution in [1.82, 2.24) is 0 Å². The quantitative estimate of drug-likeness (QED) is 0.0262. The molecule has 0 spiro atoms. The molecular weight excluding hydrogens is 853 g/mol. The van der Waals surface area contributed by atoms with Crippen LogP contribution in [-0.4, -0.2) is 37.2 Å². The Kier molecular flexibility index (Phi) is 54.3. The van der Waals surface area contributed by atoms with Crippen molar-refractivity contribution in [2.75, 3.05) is 13.2 Å². The van der Waals surface area contributed by atoms with E-state index >= 15 is 0 Å². The van der Waals surface area contributed by atoms with Gasteiger partial charge in [-0.15, -0.1) is 0 Å². The normalized spacial score (nSPS) is 12.7. The Morgan fingerprint density at radius 2 is 0.536 bits per heavy atom. The number of hydrogen-bond donors (Lipinski definition) is 0. The second-order valence-electron chi connectivity index (χ2n) is 19.2. The molecule has 69 heavy (non-hydrogen) atoms. The van der Waals surface area contributed by atoms with E-state index in [1.54, 1.807) is 0 Å². The minimum absolute atomic E-state index is 0.108. The highest BCUT2D eigenvalue weighted by molar-refractivity contribution is 5.71. The molecule has 0 aliphatic carbocycles. The zero-order chi connectivity index (χ0) is 50.0. The molecule has 0 bridgehead atoms. The summed E-state index contributed by atoms with van der Waals surface area (Å²) in [5.74, 6) is -0.998. The zero-order valence-electron chi connectivity index (χ0n) is 45.3. The monoisotopic (exact) mass is 961 g/mol. The highest BCUT2D eigenvalue weighted by Crippen LogP contribution is 2.16. The minimum atomic E-state index is -0.820. The predicted molar refractivity (Wildman–Crippen MR) is 297 cm³/mol. The molecule has 0 rings (SSSR count). The number of hydrogen-bond acceptors (Lipinski definition) is 6. The Balaban J connectivity index is 4.48. The SMILES string of the molecule is CCCCC/C=C\C/C=C\C/C=C\C/C=C\CCCC(=O)O[C@H](COC(=O)CCCC/C=C\C/C=C\C/C=C\CCCCC)COC(=O)CCCCCCCCCCCCCCCCCCCCC. The van der Waals surface area contributed by atoms with Crippen LogP contribution in [0.3, 0.4) is 0 Å². The van der Waals surface area contributed by atoms with Gasteiger partial charge in [-0.25, -0.2) is 0 Å². The average Bonchev–Trinajstić information content (AvgIpc) is 3.35. The lowest BCUT2D eigenvalue weighted by Crippen LogP contribution is -2.30. The predicted octanol–water partition coefficient (Wildman–Crippen LogP) is 19.5. The lowest BCUT2D eigenvalue weighted by Gasteiger charge is -2.18. The van der Waals surface area contributed by atoms with Gasteiger partial charge in [0.05, 0.1) is 0 Å². The van der Waals surface area contributed by atoms with Crippen LogP contribution in [0, 0.1) is 0 Å². The first-order valence-corrected chi connectivity index (χ1v) is 29.1. The molecule has 0 saturated heterocycles. The summed E-state index contributed by atoms with van der Waals surface area (Å²) in [6.45, 7) is 6.52. The second-order valence-corrected chi connectivity index (χ2v) is 19.2. The van der Waals surface area contributed by atoms with Gasteiger partial charge in [-0.3, -0.25) is 14.4 Å². The van der Waals surface area contributed by atoms with Crippen LogP contribution < -0.4 is 0 Å². The van der Waals surface area contributed by atoms with E-state index in [1.807, 2.05) is 0 Å². The standard InChI is InChI=1S/C63H108O6/c1-4-7-10-13-16-19-22-25-28-30-31-33-35-38-41-44-47-50-53-56-62(65)68-59-60(58-67-61(64)55-52-49-46-43-40-37-34-27-24-21-18-15-12-9-6-3)69-63(66)57-54-51-48-45-42-39-36-32-29-26-23-20-17-14-11-8-5-2/h17-18,20-21,26-27,29,34,36,39-40,43,45,48,60H,4-16,19,22-25,28,30-33,35,37-38,41-42,44,46-47,49-59H2,1-3H3/b20-17-,21-18-,29-26-,34-27-,39-36-,43-40-,48-45-/t60-/m1/s1. The first-order chi connectivity index (χ1) is 34.0. The Labute approximate surface area is 426 Å². The fourth-order valence-electron chi connectivity index (χ4n) is 7.97. The molecule has 0 fully saturated rings. The smallest absolute Gasteiger partial charge is 0.306 e. The first-order valence-electron chi connectivity index (χ1n) is 29.1. The molecule has 0 N–H and O–H groups in total. The van der Waals surface area contributed by atoms with Crippen molar-refractivity contribution in [3.05, 3.63) is 85.1 Å². The number of rotatable bonds is 52. The summed E-state index contributed by atoms with van der Waals surface area (Å²) in [5, 5.41) is 0. The van der Waals surface area contributed by atoms with Crippen LogP contribution in [0.15, 0.2) is 85.1 Å². The molecule has 6 heteroatoms. The molecule has 0 heterocycles. The van der Waals surface area contributed by atoms with Crippen molar-refractivity contribution < 1.29 is 28.6 Å². The number of esters is 3. The minimum Gasteiger partial charge on any atom is -0.462 e. The third-order valence-electron chi connectivity index (χ3n) is 12.4. The molecule has 0 aliphatic heterocycles. The van der Waals surface area contributed by atoms with E-state index in [0.29, 0.717) is 19.3 Å². The van der Waals surface area contributed by atoms with Crippen LogP contribution in [0.25, 0.3) is 0 Å². The van der Waals surface area contributed by atoms with Crippen molar-refractivity contribution in [2.24, 2.45) is 0 Å². The fourth-order valence-corrected chi connectivity index (χ4v) is 7.97. The Morgan fingerprint density at radius 1 is 0.290 bits per heavy atom. The molecular formula is C63H108O6. The molecule has 0 aromatic heterocycles. The third kappa shape index (κ3) is 55.4. The summed E-state index contributed by atoms with van der Waals surface area (Å²) in [6, 6.07) is 0. The van der Waals surface area contributed by atoms with Gasteiger partial charge in [-0.1, -0.05) is 247 Å². The van der Waals surface area contributed by atoms with Gasteiger partial charge in [0.15, 0.2) is 6.10 Å². The van der Waals surface area contributed by atoms with Crippen molar-refractivity contribution in [1.29, 1.82) is 0 Å². The maximum Gasteiger partial charge on any atom is 0.306 e. The van der Waals surface area contributed by atoms with Crippen molar-refractivity contribution in [2.45, 2.75) is 284 Å². The van der Waals surface area contributed by atoms with Crippen LogP contribution in [0.5, 0.6) is 0 Å². The number of carbonyl (C=O) groups is 3. The molecule has 0 saturated carbocycles. The molecule has 6 nitrogen and oxygen atoms in total. The average molecular weight is 962 g/mol. The molecule has 0 unspecified atom stereocenters. The summed E-state index contributed by atoms with van der Waals surface area (Å²) in [7, 11) is 0. The molecule has 0 aromatic carbocycles. The Bertz CT molecular complexity index is 1330. The Hall–Kier alpha value is -3.41. The number of ether oxygens (including phenoxy) is 3. The number of allylic oxidation sites excluding steroid dienone is 14. The maximum atomic E-state index is 12.8. The molecule has 0 aliphatic rings. The summed E-state index contributed by atoms with van der Waals surface area (Å²) in [6.07, 6.45) is 74.4.